The van der Waals surface area contributed by atoms with Crippen LogP contribution in [0.5, 0.6) is 0 Å². The Morgan fingerprint density at radius 1 is 1.00 bits per heavy atom. The highest BCUT2D eigenvalue weighted by Crippen LogP contribution is 2.21. The predicted molar refractivity (Wildman–Crippen MR) is 56.8 cm³/mol. The number of benzene rings is 2. The molecule has 2 rings (SSSR count). The molecular weight excluding hydrogens is 176 g/mol. The number of rotatable bonds is 3. The molecule has 0 saturated carbocycles. The first-order valence-corrected chi connectivity index (χ1v) is 4.35. The molecule has 0 saturated heterocycles. The third kappa shape index (κ3) is 1.52. The van der Waals surface area contributed by atoms with Crippen molar-refractivity contribution in [1.29, 1.82) is 0 Å². The van der Waals surface area contributed by atoms with Crippen LogP contribution in [0.1, 0.15) is 0 Å². The number of hydrogen-bond donors (Lipinski definition) is 2. The maximum atomic E-state index is 10.1. The molecule has 0 spiro atoms. The van der Waals surface area contributed by atoms with Gasteiger partial charge in [0, 0.05) is 5.39 Å². The van der Waals surface area contributed by atoms with Gasteiger partial charge in [0.1, 0.15) is 0 Å². The van der Waals surface area contributed by atoms with Crippen molar-refractivity contribution in [2.24, 2.45) is 0 Å². The van der Waals surface area contributed by atoms with E-state index in [-0.39, 0.29) is 0 Å². The smallest absolute Gasteiger partial charge is 0.225 e. The van der Waals surface area contributed by atoms with Crippen LogP contribution in [0.15, 0.2) is 42.5 Å². The number of anilines is 1. The number of hydrogen-bond acceptors (Lipinski definition) is 2. The van der Waals surface area contributed by atoms with Crippen LogP contribution < -0.4 is 10.9 Å². The number of carbonyl (C=O) groups is 1. The topological polar surface area (TPSA) is 41.1 Å². The van der Waals surface area contributed by atoms with Crippen LogP contribution in [0.2, 0.25) is 0 Å². The molecule has 3 heteroatoms. The van der Waals surface area contributed by atoms with E-state index in [9.17, 15) is 4.79 Å². The minimum Gasteiger partial charge on any atom is -0.298 e. The summed E-state index contributed by atoms with van der Waals surface area (Å²) >= 11 is 0. The molecular formula is C11H10N2O. The summed E-state index contributed by atoms with van der Waals surface area (Å²) < 4.78 is 0. The van der Waals surface area contributed by atoms with Gasteiger partial charge in [0.2, 0.25) is 6.41 Å². The molecule has 0 aromatic heterocycles. The van der Waals surface area contributed by atoms with Gasteiger partial charge in [-0.3, -0.25) is 15.6 Å². The largest absolute Gasteiger partial charge is 0.298 e. The van der Waals surface area contributed by atoms with Gasteiger partial charge in [-0.1, -0.05) is 36.4 Å². The monoisotopic (exact) mass is 186 g/mol. The van der Waals surface area contributed by atoms with E-state index in [0.29, 0.717) is 6.41 Å². The normalized spacial score (nSPS) is 9.71. The number of carbonyl (C=O) groups excluding carboxylic acids is 1. The minimum atomic E-state index is 0.613. The van der Waals surface area contributed by atoms with Crippen LogP contribution in [0.25, 0.3) is 10.8 Å². The van der Waals surface area contributed by atoms with Crippen molar-refractivity contribution in [3.8, 4) is 0 Å². The van der Waals surface area contributed by atoms with Crippen LogP contribution in [0, 0.1) is 0 Å². The van der Waals surface area contributed by atoms with Gasteiger partial charge in [-0.15, -0.1) is 0 Å². The van der Waals surface area contributed by atoms with Gasteiger partial charge in [0.25, 0.3) is 0 Å². The summed E-state index contributed by atoms with van der Waals surface area (Å²) in [5.41, 5.74) is 6.14. The summed E-state index contributed by atoms with van der Waals surface area (Å²) in [6.07, 6.45) is 0.613. The predicted octanol–water partition coefficient (Wildman–Crippen LogP) is 1.91. The van der Waals surface area contributed by atoms with Crippen molar-refractivity contribution in [3.63, 3.8) is 0 Å². The molecule has 0 aliphatic heterocycles. The maximum Gasteiger partial charge on any atom is 0.225 e. The van der Waals surface area contributed by atoms with Gasteiger partial charge in [-0.25, -0.2) is 0 Å². The lowest BCUT2D eigenvalue weighted by Crippen LogP contribution is -2.18. The van der Waals surface area contributed by atoms with E-state index in [4.69, 9.17) is 0 Å². The van der Waals surface area contributed by atoms with Crippen LogP contribution in [0.3, 0.4) is 0 Å². The molecule has 70 valence electrons. The second kappa shape index (κ2) is 3.79. The Kier molecular flexibility index (Phi) is 2.32. The second-order valence-electron chi connectivity index (χ2n) is 2.91. The van der Waals surface area contributed by atoms with E-state index < -0.39 is 0 Å². The number of hydrazine groups is 1. The lowest BCUT2D eigenvalue weighted by atomic mass is 10.1. The standard InChI is InChI=1S/C11H10N2O/c14-8-12-13-11-7-3-5-9-4-1-2-6-10(9)11/h1-8,13H,(H,12,14). The van der Waals surface area contributed by atoms with Gasteiger partial charge in [-0.05, 0) is 11.5 Å². The van der Waals surface area contributed by atoms with Gasteiger partial charge in [-0.2, -0.15) is 0 Å². The fourth-order valence-electron chi connectivity index (χ4n) is 1.44. The molecule has 0 aliphatic carbocycles. The molecule has 0 fully saturated rings. The number of amides is 1. The third-order valence-corrected chi connectivity index (χ3v) is 2.06. The molecule has 0 bridgehead atoms. The number of nitrogens with one attached hydrogen (secondary N) is 2. The molecule has 0 radical (unpaired) electrons. The van der Waals surface area contributed by atoms with Crippen molar-refractivity contribution >= 4 is 22.9 Å². The van der Waals surface area contributed by atoms with E-state index in [2.05, 4.69) is 10.9 Å². The molecule has 14 heavy (non-hydrogen) atoms. The Bertz CT molecular complexity index is 448. The molecule has 3 nitrogen and oxygen atoms in total. The first kappa shape index (κ1) is 8.56. The second-order valence-corrected chi connectivity index (χ2v) is 2.91. The molecule has 2 aromatic carbocycles. The molecule has 0 unspecified atom stereocenters. The van der Waals surface area contributed by atoms with Gasteiger partial charge in [0.05, 0.1) is 5.69 Å². The minimum absolute atomic E-state index is 0.613. The van der Waals surface area contributed by atoms with Crippen molar-refractivity contribution in [2.45, 2.75) is 0 Å². The average molecular weight is 186 g/mol. The van der Waals surface area contributed by atoms with E-state index in [1.54, 1.807) is 0 Å². The Balaban J connectivity index is 2.48. The third-order valence-electron chi connectivity index (χ3n) is 2.06. The van der Waals surface area contributed by atoms with Crippen LogP contribution in [-0.2, 0) is 4.79 Å². The summed E-state index contributed by atoms with van der Waals surface area (Å²) in [5, 5.41) is 2.23. The van der Waals surface area contributed by atoms with E-state index in [0.717, 1.165) is 16.5 Å². The van der Waals surface area contributed by atoms with Crippen molar-refractivity contribution < 1.29 is 4.79 Å². The van der Waals surface area contributed by atoms with E-state index in [1.807, 2.05) is 42.5 Å². The first-order chi connectivity index (χ1) is 6.92. The fraction of sp³-hybridized carbons (Fsp3) is 0. The zero-order valence-corrected chi connectivity index (χ0v) is 7.53. The summed E-state index contributed by atoms with van der Waals surface area (Å²) in [6, 6.07) is 13.9. The Hall–Kier alpha value is -2.03. The van der Waals surface area contributed by atoms with Crippen molar-refractivity contribution in [2.75, 3.05) is 5.43 Å². The van der Waals surface area contributed by atoms with Gasteiger partial charge >= 0.3 is 0 Å². The van der Waals surface area contributed by atoms with E-state index in [1.165, 1.54) is 0 Å². The quantitative estimate of drug-likeness (QED) is 0.568. The summed E-state index contributed by atoms with van der Waals surface area (Å²) in [7, 11) is 0. The van der Waals surface area contributed by atoms with Crippen LogP contribution >= 0.6 is 0 Å². The molecule has 0 heterocycles. The zero-order valence-electron chi connectivity index (χ0n) is 7.53. The van der Waals surface area contributed by atoms with Gasteiger partial charge in [0.15, 0.2) is 0 Å². The number of fused-ring (bicyclic) bond motifs is 1. The SMILES string of the molecule is O=CNNc1cccc2ccccc12. The highest BCUT2D eigenvalue weighted by molar-refractivity contribution is 5.93. The first-order valence-electron chi connectivity index (χ1n) is 4.35. The van der Waals surface area contributed by atoms with Gasteiger partial charge < -0.3 is 0 Å². The van der Waals surface area contributed by atoms with Crippen LogP contribution in [0.4, 0.5) is 5.69 Å². The molecule has 0 atom stereocenters. The fourth-order valence-corrected chi connectivity index (χ4v) is 1.44. The van der Waals surface area contributed by atoms with E-state index >= 15 is 0 Å². The lowest BCUT2D eigenvalue weighted by molar-refractivity contribution is -0.109. The van der Waals surface area contributed by atoms with Crippen LogP contribution in [-0.4, -0.2) is 6.41 Å². The molecule has 2 aromatic rings. The zero-order chi connectivity index (χ0) is 9.80. The Morgan fingerprint density at radius 3 is 2.64 bits per heavy atom. The Morgan fingerprint density at radius 2 is 1.79 bits per heavy atom. The average Bonchev–Trinajstić information content (AvgIpc) is 2.26. The lowest BCUT2D eigenvalue weighted by Gasteiger charge is -2.07. The van der Waals surface area contributed by atoms with Crippen molar-refractivity contribution in [3.05, 3.63) is 42.5 Å². The molecule has 0 aliphatic rings. The molecule has 1 amide bonds. The Labute approximate surface area is 81.7 Å². The maximum absolute atomic E-state index is 10.1. The summed E-state index contributed by atoms with van der Waals surface area (Å²) in [4.78, 5) is 10.1. The molecule has 2 N–H and O–H groups in total. The highest BCUT2D eigenvalue weighted by atomic mass is 16.1. The summed E-state index contributed by atoms with van der Waals surface area (Å²) in [6.45, 7) is 0. The highest BCUT2D eigenvalue weighted by Gasteiger charge is 1.97. The summed E-state index contributed by atoms with van der Waals surface area (Å²) in [5.74, 6) is 0. The van der Waals surface area contributed by atoms with Crippen molar-refractivity contribution in [1.82, 2.24) is 5.43 Å².